The molecule has 0 N–H and O–H groups in total. The van der Waals surface area contributed by atoms with E-state index in [4.69, 9.17) is 0 Å². The van der Waals surface area contributed by atoms with Crippen molar-refractivity contribution in [2.45, 2.75) is 32.4 Å². The Morgan fingerprint density at radius 1 is 1.11 bits per heavy atom. The van der Waals surface area contributed by atoms with Gasteiger partial charge in [0.15, 0.2) is 0 Å². The second-order valence-electron chi connectivity index (χ2n) is 7.84. The quantitative estimate of drug-likeness (QED) is 0.758. The Labute approximate surface area is 162 Å². The van der Waals surface area contributed by atoms with Gasteiger partial charge in [0.2, 0.25) is 5.91 Å². The Morgan fingerprint density at radius 3 is 2.52 bits per heavy atom. The molecule has 0 bridgehead atoms. The van der Waals surface area contributed by atoms with Gasteiger partial charge in [0.25, 0.3) is 0 Å². The van der Waals surface area contributed by atoms with Crippen LogP contribution in [0.1, 0.15) is 25.3 Å². The van der Waals surface area contributed by atoms with Gasteiger partial charge < -0.3 is 9.80 Å². The van der Waals surface area contributed by atoms with Gasteiger partial charge in [0, 0.05) is 57.9 Å². The smallest absolute Gasteiger partial charge is 0.236 e. The Morgan fingerprint density at radius 2 is 1.81 bits per heavy atom. The van der Waals surface area contributed by atoms with Crippen LogP contribution < -0.4 is 0 Å². The lowest BCUT2D eigenvalue weighted by Crippen LogP contribution is -2.53. The van der Waals surface area contributed by atoms with Crippen molar-refractivity contribution in [3.05, 3.63) is 35.6 Å². The number of likely N-dealkylation sites (tertiary alicyclic amines) is 1. The Bertz CT molecular complexity index is 618. The monoisotopic (exact) mass is 376 g/mol. The third kappa shape index (κ3) is 5.50. The number of hydrogen-bond donors (Lipinski definition) is 0. The topological polar surface area (TPSA) is 30.0 Å². The number of nitrogens with zero attached hydrogens (tertiary/aromatic N) is 4. The predicted molar refractivity (Wildman–Crippen MR) is 106 cm³/mol. The zero-order chi connectivity index (χ0) is 19.2. The highest BCUT2D eigenvalue weighted by atomic mass is 19.1. The van der Waals surface area contributed by atoms with E-state index in [1.807, 2.05) is 24.1 Å². The second kappa shape index (κ2) is 9.62. The van der Waals surface area contributed by atoms with Gasteiger partial charge in [-0.1, -0.05) is 25.1 Å². The van der Waals surface area contributed by atoms with Crippen molar-refractivity contribution < 1.29 is 9.18 Å². The number of hydrogen-bond acceptors (Lipinski definition) is 4. The van der Waals surface area contributed by atoms with Crippen LogP contribution in [-0.2, 0) is 11.3 Å². The Balaban J connectivity index is 1.49. The minimum Gasteiger partial charge on any atom is -0.340 e. The van der Waals surface area contributed by atoms with Crippen molar-refractivity contribution in [3.8, 4) is 0 Å². The van der Waals surface area contributed by atoms with Crippen LogP contribution >= 0.6 is 0 Å². The summed E-state index contributed by atoms with van der Waals surface area (Å²) >= 11 is 0. The second-order valence-corrected chi connectivity index (χ2v) is 7.84. The van der Waals surface area contributed by atoms with E-state index in [-0.39, 0.29) is 17.8 Å². The number of benzene rings is 1. The SMILES string of the molecule is CCN1CCN(CC(=O)N(C)C2CCCN(Cc3ccccc3F)C2)CC1. The molecule has 1 atom stereocenters. The van der Waals surface area contributed by atoms with Crippen LogP contribution in [0.25, 0.3) is 0 Å². The summed E-state index contributed by atoms with van der Waals surface area (Å²) in [6.07, 6.45) is 2.07. The minimum absolute atomic E-state index is 0.143. The number of piperazine rings is 1. The highest BCUT2D eigenvalue weighted by Gasteiger charge is 2.28. The molecule has 0 aromatic heterocycles. The average Bonchev–Trinajstić information content (AvgIpc) is 2.70. The summed E-state index contributed by atoms with van der Waals surface area (Å²) in [7, 11) is 1.93. The number of likely N-dealkylation sites (N-methyl/N-ethyl adjacent to an activating group) is 2. The van der Waals surface area contributed by atoms with Crippen molar-refractivity contribution >= 4 is 5.91 Å². The van der Waals surface area contributed by atoms with Crippen LogP contribution in [0.3, 0.4) is 0 Å². The molecule has 0 radical (unpaired) electrons. The van der Waals surface area contributed by atoms with Gasteiger partial charge in [0.05, 0.1) is 6.54 Å². The van der Waals surface area contributed by atoms with Gasteiger partial charge in [-0.15, -0.1) is 0 Å². The first-order valence-electron chi connectivity index (χ1n) is 10.2. The van der Waals surface area contributed by atoms with Gasteiger partial charge in [-0.25, -0.2) is 4.39 Å². The van der Waals surface area contributed by atoms with E-state index >= 15 is 0 Å². The first kappa shape index (κ1) is 20.2. The fourth-order valence-corrected chi connectivity index (χ4v) is 4.13. The van der Waals surface area contributed by atoms with Gasteiger partial charge in [-0.3, -0.25) is 14.6 Å². The molecule has 1 unspecified atom stereocenters. The van der Waals surface area contributed by atoms with Crippen LogP contribution in [0.5, 0.6) is 0 Å². The predicted octanol–water partition coefficient (Wildman–Crippen LogP) is 1.89. The summed E-state index contributed by atoms with van der Waals surface area (Å²) < 4.78 is 13.9. The molecule has 0 aliphatic carbocycles. The lowest BCUT2D eigenvalue weighted by molar-refractivity contribution is -0.134. The summed E-state index contributed by atoms with van der Waals surface area (Å²) in [5.41, 5.74) is 0.737. The first-order chi connectivity index (χ1) is 13.1. The van der Waals surface area contributed by atoms with Crippen LogP contribution in [0.15, 0.2) is 24.3 Å². The zero-order valence-electron chi connectivity index (χ0n) is 16.7. The normalized spacial score (nSPS) is 22.7. The molecular formula is C21H33FN4O. The third-order valence-electron chi connectivity index (χ3n) is 6.04. The van der Waals surface area contributed by atoms with E-state index in [1.165, 1.54) is 6.07 Å². The first-order valence-corrected chi connectivity index (χ1v) is 10.2. The third-order valence-corrected chi connectivity index (χ3v) is 6.04. The summed E-state index contributed by atoms with van der Waals surface area (Å²) in [6, 6.07) is 7.20. The molecule has 1 aromatic rings. The van der Waals surface area contributed by atoms with E-state index in [0.717, 1.165) is 64.2 Å². The molecular weight excluding hydrogens is 343 g/mol. The molecule has 6 heteroatoms. The van der Waals surface area contributed by atoms with Crippen molar-refractivity contribution in [2.24, 2.45) is 0 Å². The van der Waals surface area contributed by atoms with Crippen molar-refractivity contribution in [2.75, 3.05) is 59.4 Å². The van der Waals surface area contributed by atoms with Crippen LogP contribution in [-0.4, -0.2) is 91.0 Å². The fourth-order valence-electron chi connectivity index (χ4n) is 4.13. The average molecular weight is 377 g/mol. The molecule has 1 aromatic carbocycles. The molecule has 2 aliphatic heterocycles. The number of piperidine rings is 1. The summed E-state index contributed by atoms with van der Waals surface area (Å²) in [5, 5.41) is 0. The summed E-state index contributed by atoms with van der Waals surface area (Å²) in [5.74, 6) is 0.0629. The molecule has 2 aliphatic rings. The minimum atomic E-state index is -0.143. The summed E-state index contributed by atoms with van der Waals surface area (Å²) in [6.45, 7) is 10.2. The van der Waals surface area contributed by atoms with Gasteiger partial charge in [0.1, 0.15) is 5.82 Å². The maximum Gasteiger partial charge on any atom is 0.236 e. The molecule has 27 heavy (non-hydrogen) atoms. The molecule has 1 amide bonds. The van der Waals surface area contributed by atoms with E-state index < -0.39 is 0 Å². The molecule has 0 saturated carbocycles. The van der Waals surface area contributed by atoms with Gasteiger partial charge in [-0.2, -0.15) is 0 Å². The van der Waals surface area contributed by atoms with Crippen molar-refractivity contribution in [1.82, 2.24) is 19.6 Å². The van der Waals surface area contributed by atoms with Gasteiger partial charge in [-0.05, 0) is 32.0 Å². The lowest BCUT2D eigenvalue weighted by Gasteiger charge is -2.39. The molecule has 2 saturated heterocycles. The van der Waals surface area contributed by atoms with E-state index in [1.54, 1.807) is 6.07 Å². The zero-order valence-corrected chi connectivity index (χ0v) is 16.7. The lowest BCUT2D eigenvalue weighted by atomic mass is 10.0. The molecule has 2 heterocycles. The van der Waals surface area contributed by atoms with Crippen LogP contribution in [0, 0.1) is 5.82 Å². The molecule has 5 nitrogen and oxygen atoms in total. The number of amides is 1. The van der Waals surface area contributed by atoms with E-state index in [0.29, 0.717) is 13.1 Å². The number of rotatable bonds is 6. The number of carbonyl (C=O) groups is 1. The largest absolute Gasteiger partial charge is 0.340 e. The van der Waals surface area contributed by atoms with Crippen LogP contribution in [0.4, 0.5) is 4.39 Å². The van der Waals surface area contributed by atoms with E-state index in [2.05, 4.69) is 21.6 Å². The maximum absolute atomic E-state index is 13.9. The maximum atomic E-state index is 13.9. The standard InChI is InChI=1S/C21H33FN4O/c1-3-24-11-13-25(14-12-24)17-21(27)23(2)19-8-6-10-26(16-19)15-18-7-4-5-9-20(18)22/h4-5,7,9,19H,3,6,8,10-17H2,1-2H3. The Hall–Kier alpha value is -1.50. The number of carbonyl (C=O) groups excluding carboxylic acids is 1. The Kier molecular flexibility index (Phi) is 7.21. The molecule has 3 rings (SSSR count). The van der Waals surface area contributed by atoms with Crippen molar-refractivity contribution in [1.29, 1.82) is 0 Å². The van der Waals surface area contributed by atoms with Crippen LogP contribution in [0.2, 0.25) is 0 Å². The molecule has 0 spiro atoms. The van der Waals surface area contributed by atoms with E-state index in [9.17, 15) is 9.18 Å². The molecule has 150 valence electrons. The number of halogens is 1. The fraction of sp³-hybridized carbons (Fsp3) is 0.667. The van der Waals surface area contributed by atoms with Gasteiger partial charge >= 0.3 is 0 Å². The highest BCUT2D eigenvalue weighted by molar-refractivity contribution is 5.78. The molecule has 2 fully saturated rings. The van der Waals surface area contributed by atoms with Crippen molar-refractivity contribution in [3.63, 3.8) is 0 Å². The summed E-state index contributed by atoms with van der Waals surface area (Å²) in [4.78, 5) is 21.7. The highest BCUT2D eigenvalue weighted by Crippen LogP contribution is 2.19.